The topological polar surface area (TPSA) is 140 Å². The fraction of sp³-hybridized carbons (Fsp3) is 0.391. The Morgan fingerprint density at radius 1 is 0.462 bits per heavy atom. The van der Waals surface area contributed by atoms with Gasteiger partial charge in [0.05, 0.1) is 41.6 Å². The normalized spacial score (nSPS) is 18.4. The molecule has 6 aliphatic carbocycles. The molecule has 0 bridgehead atoms. The number of alkyl halides is 3. The number of hydrogen-bond acceptors (Lipinski definition) is 6. The van der Waals surface area contributed by atoms with Crippen molar-refractivity contribution >= 4 is 29.5 Å². The van der Waals surface area contributed by atoms with E-state index in [9.17, 15) is 47.3 Å². The van der Waals surface area contributed by atoms with Gasteiger partial charge in [-0.2, -0.15) is 13.2 Å². The summed E-state index contributed by atoms with van der Waals surface area (Å²) in [7, 11) is 0. The van der Waals surface area contributed by atoms with E-state index in [4.69, 9.17) is 25.8 Å². The second-order valence-electron chi connectivity index (χ2n) is 22.2. The van der Waals surface area contributed by atoms with Crippen molar-refractivity contribution in [2.75, 3.05) is 19.8 Å². The molecule has 0 atom stereocenters. The highest BCUT2D eigenvalue weighted by Crippen LogP contribution is 2.50. The van der Waals surface area contributed by atoms with Crippen molar-refractivity contribution in [1.82, 2.24) is 0 Å². The van der Waals surface area contributed by atoms with Crippen molar-refractivity contribution in [2.45, 2.75) is 119 Å². The Kier molecular flexibility index (Phi) is 15.7. The summed E-state index contributed by atoms with van der Waals surface area (Å²) < 4.78 is 69.9. The quantitative estimate of drug-likeness (QED) is 0.0718. The lowest BCUT2D eigenvalue weighted by molar-refractivity contribution is -0.148. The zero-order chi connectivity index (χ0) is 54.8. The molecule has 12 rings (SSSR count). The Balaban J connectivity index is 0.000000133. The summed E-state index contributed by atoms with van der Waals surface area (Å²) >= 11 is 6.00. The van der Waals surface area contributed by atoms with E-state index in [1.54, 1.807) is 30.3 Å². The van der Waals surface area contributed by atoms with Crippen LogP contribution in [0.15, 0.2) is 127 Å². The third-order valence-corrected chi connectivity index (χ3v) is 17.1. The van der Waals surface area contributed by atoms with Gasteiger partial charge >= 0.3 is 24.1 Å². The van der Waals surface area contributed by atoms with Crippen LogP contribution >= 0.6 is 11.6 Å². The number of benzene rings is 6. The zero-order valence-electron chi connectivity index (χ0n) is 43.3. The van der Waals surface area contributed by atoms with Gasteiger partial charge in [-0.15, -0.1) is 0 Å². The van der Waals surface area contributed by atoms with Gasteiger partial charge in [0, 0.05) is 21.7 Å². The molecule has 0 aromatic heterocycles. The number of rotatable bonds is 18. The first kappa shape index (κ1) is 54.5. The molecule has 0 radical (unpaired) electrons. The van der Waals surface area contributed by atoms with E-state index in [2.05, 4.69) is 0 Å². The standard InChI is InChI=1S/C22H21F3O3.C21H21ClO3.C21H21FO3/c23-22(24,25)16-6-4-15(5-7-16)18-9-8-17(21(20(26)27)10-1-11-21)12-19(18)28-13-14-2-3-14;2*22-17-7-4-15(5-8-17)18-9-6-16(21(20(23)24)10-1-11-21)12-19(18)25-13-14-2-3-14/h4-9,12,14H,1-3,10-11,13H2,(H,26,27);2*4-9,12,14H,1-3,10-11,13H2,(H,23,24). The van der Waals surface area contributed by atoms with Crippen LogP contribution in [0.25, 0.3) is 33.4 Å². The largest absolute Gasteiger partial charge is 0.493 e. The smallest absolute Gasteiger partial charge is 0.416 e. The Bertz CT molecular complexity index is 2990. The highest BCUT2D eigenvalue weighted by atomic mass is 35.5. The molecule has 0 amide bonds. The summed E-state index contributed by atoms with van der Waals surface area (Å²) in [6, 6.07) is 35.8. The SMILES string of the molecule is O=C(O)C1(c2ccc(-c3ccc(C(F)(F)F)cc3)c(OCC3CC3)c2)CCC1.O=C(O)C1(c2ccc(-c3ccc(Cl)cc3)c(OCC3CC3)c2)CCC1.O=C(O)C1(c2ccc(-c3ccc(F)cc3)c(OCC3CC3)c2)CCC1. The van der Waals surface area contributed by atoms with Crippen LogP contribution in [0.5, 0.6) is 17.2 Å². The van der Waals surface area contributed by atoms with Gasteiger partial charge in [0.2, 0.25) is 0 Å². The molecule has 3 N–H and O–H groups in total. The van der Waals surface area contributed by atoms with Gasteiger partial charge in [0.1, 0.15) is 23.1 Å². The van der Waals surface area contributed by atoms with Gasteiger partial charge in [-0.25, -0.2) is 4.39 Å². The van der Waals surface area contributed by atoms with Gasteiger partial charge in [-0.05, 0) is 183 Å². The average molecular weight is 1090 g/mol. The monoisotopic (exact) mass is 1090 g/mol. The maximum atomic E-state index is 13.2. The number of carbonyl (C=O) groups is 3. The van der Waals surface area contributed by atoms with Gasteiger partial charge < -0.3 is 29.5 Å². The molecule has 14 heteroatoms. The molecule has 6 aromatic carbocycles. The van der Waals surface area contributed by atoms with Crippen molar-refractivity contribution in [3.63, 3.8) is 0 Å². The number of ether oxygens (including phenoxy) is 3. The lowest BCUT2D eigenvalue weighted by Gasteiger charge is -2.38. The average Bonchev–Trinajstić information content (AvgIpc) is 4.28. The predicted octanol–water partition coefficient (Wildman–Crippen LogP) is 15.8. The number of hydrogen-bond donors (Lipinski definition) is 3. The summed E-state index contributed by atoms with van der Waals surface area (Å²) in [5.74, 6) is 1.14. The first-order valence-corrected chi connectivity index (χ1v) is 27.6. The second-order valence-corrected chi connectivity index (χ2v) is 22.6. The molecule has 408 valence electrons. The molecular formula is C64H63ClF4O9. The molecule has 6 aliphatic rings. The lowest BCUT2D eigenvalue weighted by atomic mass is 9.64. The Morgan fingerprint density at radius 2 is 0.756 bits per heavy atom. The van der Waals surface area contributed by atoms with Crippen molar-refractivity contribution in [2.24, 2.45) is 17.8 Å². The van der Waals surface area contributed by atoms with Crippen LogP contribution in [-0.4, -0.2) is 53.0 Å². The van der Waals surface area contributed by atoms with Crippen LogP contribution in [0.4, 0.5) is 17.6 Å². The molecule has 0 heterocycles. The van der Waals surface area contributed by atoms with E-state index in [0.717, 1.165) is 83.4 Å². The van der Waals surface area contributed by atoms with E-state index in [0.29, 0.717) is 109 Å². The number of aliphatic carboxylic acids is 3. The van der Waals surface area contributed by atoms with Crippen molar-refractivity contribution in [3.05, 3.63) is 160 Å². The number of carboxylic acids is 3. The first-order valence-electron chi connectivity index (χ1n) is 27.2. The minimum absolute atomic E-state index is 0.278. The Morgan fingerprint density at radius 3 is 1.01 bits per heavy atom. The third-order valence-electron chi connectivity index (χ3n) is 16.8. The van der Waals surface area contributed by atoms with Crippen molar-refractivity contribution in [3.8, 4) is 50.6 Å². The maximum absolute atomic E-state index is 13.2. The first-order chi connectivity index (χ1) is 37.5. The third kappa shape index (κ3) is 11.9. The molecule has 6 aromatic rings. The molecule has 9 nitrogen and oxygen atoms in total. The van der Waals surface area contributed by atoms with Crippen LogP contribution in [0.3, 0.4) is 0 Å². The zero-order valence-corrected chi connectivity index (χ0v) is 44.0. The van der Waals surface area contributed by atoms with Crippen LogP contribution in [0, 0.1) is 23.6 Å². The summed E-state index contributed by atoms with van der Waals surface area (Å²) in [6.45, 7) is 1.89. The fourth-order valence-electron chi connectivity index (χ4n) is 10.6. The minimum atomic E-state index is -4.38. The molecular weight excluding hydrogens is 1020 g/mol. The molecule has 0 unspecified atom stereocenters. The molecule has 78 heavy (non-hydrogen) atoms. The maximum Gasteiger partial charge on any atom is 0.416 e. The Labute approximate surface area is 456 Å². The minimum Gasteiger partial charge on any atom is -0.493 e. The summed E-state index contributed by atoms with van der Waals surface area (Å²) in [5.41, 5.74) is 4.33. The number of halogens is 5. The lowest BCUT2D eigenvalue weighted by Crippen LogP contribution is -2.42. The van der Waals surface area contributed by atoms with Gasteiger partial charge in [-0.3, -0.25) is 14.4 Å². The van der Waals surface area contributed by atoms with Crippen LogP contribution < -0.4 is 14.2 Å². The van der Waals surface area contributed by atoms with Crippen molar-refractivity contribution < 1.29 is 61.5 Å². The Hall–Kier alpha value is -6.86. The molecule has 6 saturated carbocycles. The predicted molar refractivity (Wildman–Crippen MR) is 290 cm³/mol. The van der Waals surface area contributed by atoms with Gasteiger partial charge in [0.15, 0.2) is 0 Å². The number of carboxylic acid groups (broad SMARTS) is 3. The molecule has 0 aliphatic heterocycles. The molecule has 6 fully saturated rings. The van der Waals surface area contributed by atoms with E-state index in [1.807, 2.05) is 60.7 Å². The van der Waals surface area contributed by atoms with Gasteiger partial charge in [0.25, 0.3) is 0 Å². The second kappa shape index (κ2) is 22.5. The van der Waals surface area contributed by atoms with Crippen LogP contribution in [0.2, 0.25) is 5.02 Å². The summed E-state index contributed by atoms with van der Waals surface area (Å²) in [4.78, 5) is 35.5. The highest BCUT2D eigenvalue weighted by molar-refractivity contribution is 6.30. The summed E-state index contributed by atoms with van der Waals surface area (Å²) in [6.07, 6.45) is 9.30. The van der Waals surface area contributed by atoms with E-state index < -0.39 is 45.9 Å². The van der Waals surface area contributed by atoms with E-state index in [1.165, 1.54) is 49.9 Å². The van der Waals surface area contributed by atoms with E-state index >= 15 is 0 Å². The van der Waals surface area contributed by atoms with Gasteiger partial charge in [-0.1, -0.05) is 104 Å². The van der Waals surface area contributed by atoms with Crippen molar-refractivity contribution in [1.29, 1.82) is 0 Å². The molecule has 0 saturated heterocycles. The van der Waals surface area contributed by atoms with Crippen LogP contribution in [0.1, 0.15) is 119 Å². The molecule has 0 spiro atoms. The van der Waals surface area contributed by atoms with E-state index in [-0.39, 0.29) is 5.82 Å². The van der Waals surface area contributed by atoms with Crippen LogP contribution in [-0.2, 0) is 36.8 Å². The highest BCUT2D eigenvalue weighted by Gasteiger charge is 2.48. The summed E-state index contributed by atoms with van der Waals surface area (Å²) in [5, 5.41) is 29.8. The fourth-order valence-corrected chi connectivity index (χ4v) is 10.7.